The van der Waals surface area contributed by atoms with Crippen molar-refractivity contribution < 1.29 is 0 Å². The highest BCUT2D eigenvalue weighted by Gasteiger charge is 2.33. The maximum absolute atomic E-state index is 4.41. The van der Waals surface area contributed by atoms with Gasteiger partial charge in [0.05, 0.1) is 0 Å². The Morgan fingerprint density at radius 1 is 0.313 bits per heavy atom. The average molecular weight is 849 g/mol. The topological polar surface area (TPSA) is 0 Å². The van der Waals surface area contributed by atoms with E-state index in [0.717, 1.165) is 17.5 Å². The first-order chi connectivity index (χ1) is 33.2. The van der Waals surface area contributed by atoms with E-state index in [9.17, 15) is 0 Å². The molecule has 10 aromatic carbocycles. The van der Waals surface area contributed by atoms with Crippen molar-refractivity contribution in [1.29, 1.82) is 0 Å². The second-order valence-corrected chi connectivity index (χ2v) is 17.8. The molecular formula is C67H44. The normalized spacial score (nSPS) is 13.0. The molecule has 312 valence electrons. The Morgan fingerprint density at radius 3 is 1.30 bits per heavy atom. The van der Waals surface area contributed by atoms with Gasteiger partial charge in [0.1, 0.15) is 0 Å². The first-order valence-electron chi connectivity index (χ1n) is 23.3. The van der Waals surface area contributed by atoms with Crippen molar-refractivity contribution >= 4 is 44.8 Å². The Hall–Kier alpha value is -8.58. The van der Waals surface area contributed by atoms with Crippen molar-refractivity contribution in [2.24, 2.45) is 0 Å². The van der Waals surface area contributed by atoms with Gasteiger partial charge in [-0.25, -0.2) is 0 Å². The van der Waals surface area contributed by atoms with E-state index < -0.39 is 0 Å². The summed E-state index contributed by atoms with van der Waals surface area (Å²) in [5.74, 6) is 0. The molecule has 0 bridgehead atoms. The number of hydrogen-bond donors (Lipinski definition) is 0. The summed E-state index contributed by atoms with van der Waals surface area (Å²) in [5.41, 5.74) is 27.1. The molecule has 0 heterocycles. The minimum absolute atomic E-state index is 0.796. The van der Waals surface area contributed by atoms with Gasteiger partial charge in [-0.3, -0.25) is 0 Å². The van der Waals surface area contributed by atoms with Crippen LogP contribution in [0.3, 0.4) is 0 Å². The summed E-state index contributed by atoms with van der Waals surface area (Å²) in [6, 6.07) is 71.3. The van der Waals surface area contributed by atoms with Gasteiger partial charge in [0.2, 0.25) is 0 Å². The Morgan fingerprint density at radius 2 is 0.746 bits per heavy atom. The van der Waals surface area contributed by atoms with Crippen molar-refractivity contribution in [3.05, 3.63) is 254 Å². The molecule has 0 radical (unpaired) electrons. The number of fused-ring (bicyclic) bond motifs is 6. The average Bonchev–Trinajstić information content (AvgIpc) is 3.78. The number of rotatable bonds is 8. The van der Waals surface area contributed by atoms with Gasteiger partial charge in [-0.15, -0.1) is 0 Å². The van der Waals surface area contributed by atoms with Crippen LogP contribution in [0.1, 0.15) is 28.7 Å². The predicted octanol–water partition coefficient (Wildman–Crippen LogP) is 18.7. The fourth-order valence-electron chi connectivity index (χ4n) is 11.6. The van der Waals surface area contributed by atoms with E-state index in [1.165, 1.54) is 133 Å². The molecule has 0 unspecified atom stereocenters. The maximum Gasteiger partial charge on any atom is -0.000741 e. The van der Waals surface area contributed by atoms with E-state index in [1.54, 1.807) is 0 Å². The molecule has 0 aliphatic heterocycles. The molecule has 0 spiro atoms. The summed E-state index contributed by atoms with van der Waals surface area (Å²) < 4.78 is 0. The molecule has 0 saturated carbocycles. The molecule has 3 aliphatic rings. The third-order valence-corrected chi connectivity index (χ3v) is 14.3. The smallest absolute Gasteiger partial charge is 0.000741 e. The van der Waals surface area contributed by atoms with Gasteiger partial charge < -0.3 is 0 Å². The second-order valence-electron chi connectivity index (χ2n) is 17.8. The molecule has 0 atom stereocenters. The fourth-order valence-corrected chi connectivity index (χ4v) is 11.6. The summed E-state index contributed by atoms with van der Waals surface area (Å²) in [7, 11) is 0. The Labute approximate surface area is 392 Å². The van der Waals surface area contributed by atoms with E-state index in [2.05, 4.69) is 232 Å². The lowest BCUT2D eigenvalue weighted by molar-refractivity contribution is 1.40. The zero-order chi connectivity index (χ0) is 44.6. The maximum atomic E-state index is 4.41. The Bertz CT molecular complexity index is 3710. The highest BCUT2D eigenvalue weighted by Crippen LogP contribution is 2.59. The van der Waals surface area contributed by atoms with Crippen LogP contribution in [0.5, 0.6) is 0 Å². The monoisotopic (exact) mass is 848 g/mol. The Balaban J connectivity index is 1.00. The number of hydrogen-bond acceptors (Lipinski definition) is 0. The zero-order valence-corrected chi connectivity index (χ0v) is 37.1. The fraction of sp³-hybridized carbons (Fsp3) is 0.0149. The van der Waals surface area contributed by atoms with Crippen LogP contribution in [0.25, 0.3) is 134 Å². The summed E-state index contributed by atoms with van der Waals surface area (Å²) >= 11 is 0. The largest absolute Gasteiger partial charge is 0.0984 e. The molecule has 0 amide bonds. The van der Waals surface area contributed by atoms with Crippen molar-refractivity contribution in [1.82, 2.24) is 0 Å². The number of allylic oxidation sites excluding steroid dienone is 6. The summed E-state index contributed by atoms with van der Waals surface area (Å²) in [4.78, 5) is 0. The molecule has 0 N–H and O–H groups in total. The van der Waals surface area contributed by atoms with E-state index in [-0.39, 0.29) is 0 Å². The molecule has 0 saturated heterocycles. The van der Waals surface area contributed by atoms with E-state index in [4.69, 9.17) is 0 Å². The molecule has 67 heavy (non-hydrogen) atoms. The minimum Gasteiger partial charge on any atom is -0.0984 e. The lowest BCUT2D eigenvalue weighted by Crippen LogP contribution is -1.98. The van der Waals surface area contributed by atoms with Gasteiger partial charge in [-0.2, -0.15) is 0 Å². The number of benzene rings is 10. The standard InChI is InChI=1S/C67H44/c1-3-49-50(4-2)61(47-25-13-7-14-26-47)67-56-40-39-51(52-33-20-36-55(63(52)56)66(67)60(49)46-23-11-6-12-24-46)43-29-17-30-44(38-37-43)57-41-58(42-21-9-5-10-22-42)64-53-34-18-31-45-32-19-35-54(59(45)53)65(64)62(57)48-27-15-8-16-28-48/h3-16,18-41H,1-2,17H2. The van der Waals surface area contributed by atoms with E-state index >= 15 is 0 Å². The first kappa shape index (κ1) is 38.8. The van der Waals surface area contributed by atoms with Gasteiger partial charge in [-0.05, 0) is 156 Å². The van der Waals surface area contributed by atoms with E-state index in [0.29, 0.717) is 0 Å². The van der Waals surface area contributed by atoms with Crippen LogP contribution >= 0.6 is 0 Å². The first-order valence-corrected chi connectivity index (χ1v) is 23.3. The van der Waals surface area contributed by atoms with Gasteiger partial charge in [0.25, 0.3) is 0 Å². The van der Waals surface area contributed by atoms with E-state index in [1.807, 2.05) is 12.2 Å². The Kier molecular flexibility index (Phi) is 9.01. The van der Waals surface area contributed by atoms with Crippen LogP contribution in [-0.2, 0) is 0 Å². The van der Waals surface area contributed by atoms with Crippen LogP contribution < -0.4 is 0 Å². The van der Waals surface area contributed by atoms with Gasteiger partial charge >= 0.3 is 0 Å². The van der Waals surface area contributed by atoms with Gasteiger partial charge in [0, 0.05) is 0 Å². The highest BCUT2D eigenvalue weighted by molar-refractivity contribution is 6.25. The summed E-state index contributed by atoms with van der Waals surface area (Å²) in [6.45, 7) is 8.81. The molecule has 13 rings (SSSR count). The zero-order valence-electron chi connectivity index (χ0n) is 37.1. The van der Waals surface area contributed by atoms with Gasteiger partial charge in [0.15, 0.2) is 0 Å². The molecule has 0 fully saturated rings. The SMILES string of the molecule is C=Cc1c(C=C)c(-c2ccccc2)c2c(c1-c1ccccc1)-c1cccc3c(C4=CCC=C(c5cc(-c6ccccc6)c6c(c5-c5ccccc5)-c5cccc7cccc-6c57)C=C4)ccc-2c13. The van der Waals surface area contributed by atoms with Crippen LogP contribution in [0.4, 0.5) is 0 Å². The molecule has 0 aromatic heterocycles. The molecule has 0 nitrogen and oxygen atoms in total. The third-order valence-electron chi connectivity index (χ3n) is 14.3. The molecule has 0 heteroatoms. The van der Waals surface area contributed by atoms with Crippen molar-refractivity contribution in [2.45, 2.75) is 6.42 Å². The van der Waals surface area contributed by atoms with Crippen molar-refractivity contribution in [3.8, 4) is 89.0 Å². The molecular weight excluding hydrogens is 805 g/mol. The van der Waals surface area contributed by atoms with Crippen molar-refractivity contribution in [2.75, 3.05) is 0 Å². The van der Waals surface area contributed by atoms with Crippen LogP contribution in [0.2, 0.25) is 0 Å². The van der Waals surface area contributed by atoms with Crippen molar-refractivity contribution in [3.63, 3.8) is 0 Å². The molecule has 3 aliphatic carbocycles. The second kappa shape index (κ2) is 15.5. The third kappa shape index (κ3) is 5.86. The summed E-state index contributed by atoms with van der Waals surface area (Å²) in [5, 5.41) is 5.15. The van der Waals surface area contributed by atoms with Gasteiger partial charge in [-0.1, -0.05) is 238 Å². The van der Waals surface area contributed by atoms with Crippen LogP contribution in [-0.4, -0.2) is 0 Å². The summed E-state index contributed by atoms with van der Waals surface area (Å²) in [6.07, 6.45) is 14.4. The van der Waals surface area contributed by atoms with Crippen LogP contribution in [0, 0.1) is 0 Å². The van der Waals surface area contributed by atoms with Crippen LogP contribution in [0.15, 0.2) is 232 Å². The molecule has 10 aromatic rings. The quantitative estimate of drug-likeness (QED) is 0.143. The lowest BCUT2D eigenvalue weighted by Gasteiger charge is -2.22. The predicted molar refractivity (Wildman–Crippen MR) is 288 cm³/mol. The lowest BCUT2D eigenvalue weighted by atomic mass is 9.80. The minimum atomic E-state index is 0.796. The highest BCUT2D eigenvalue weighted by atomic mass is 14.4.